The van der Waals surface area contributed by atoms with Gasteiger partial charge in [0.1, 0.15) is 5.01 Å². The minimum atomic E-state index is -2.69. The van der Waals surface area contributed by atoms with Gasteiger partial charge in [-0.1, -0.05) is 18.2 Å². The molecule has 3 aromatic rings. The quantitative estimate of drug-likeness (QED) is 0.453. The largest absolute Gasteiger partial charge is 0.370 e. The van der Waals surface area contributed by atoms with E-state index in [1.54, 1.807) is 48.7 Å². The minimum absolute atomic E-state index is 0.00452. The van der Waals surface area contributed by atoms with Gasteiger partial charge in [-0.05, 0) is 43.9 Å². The Morgan fingerprint density at radius 3 is 2.76 bits per heavy atom. The minimum Gasteiger partial charge on any atom is -0.370 e. The van der Waals surface area contributed by atoms with Gasteiger partial charge >= 0.3 is 0 Å². The number of rotatable bonds is 6. The van der Waals surface area contributed by atoms with Gasteiger partial charge in [0.25, 0.3) is 11.8 Å². The Hall–Kier alpha value is -2.95. The van der Waals surface area contributed by atoms with Crippen molar-refractivity contribution in [3.63, 3.8) is 0 Å². The lowest BCUT2D eigenvalue weighted by Gasteiger charge is -2.40. The third kappa shape index (κ3) is 4.62. The molecule has 194 valence electrons. The molecule has 5 atom stereocenters. The third-order valence-electron chi connectivity index (χ3n) is 7.13. The highest BCUT2D eigenvalue weighted by atomic mass is 35.5. The van der Waals surface area contributed by atoms with Crippen LogP contribution in [0.5, 0.6) is 0 Å². The van der Waals surface area contributed by atoms with Crippen LogP contribution in [0.15, 0.2) is 54.2 Å². The van der Waals surface area contributed by atoms with Crippen molar-refractivity contribution in [3.8, 4) is 0 Å². The molecule has 0 saturated heterocycles. The average molecular weight is 547 g/mol. The van der Waals surface area contributed by atoms with Gasteiger partial charge in [0.2, 0.25) is 12.0 Å². The molecule has 2 amide bonds. The summed E-state index contributed by atoms with van der Waals surface area (Å²) in [6.45, 7) is 1.84. The van der Waals surface area contributed by atoms with Crippen LogP contribution in [0.25, 0.3) is 0 Å². The van der Waals surface area contributed by atoms with E-state index in [0.29, 0.717) is 16.9 Å². The van der Waals surface area contributed by atoms with E-state index in [1.807, 2.05) is 0 Å². The summed E-state index contributed by atoms with van der Waals surface area (Å²) in [7, 11) is 0. The predicted octanol–water partition coefficient (Wildman–Crippen LogP) is 4.13. The Balaban J connectivity index is 1.37. The number of halogens is 3. The smallest absolute Gasteiger partial charge is 0.271 e. The molecule has 2 N–H and O–H groups in total. The molecule has 0 bridgehead atoms. The molecule has 5 rings (SSSR count). The second-order valence-corrected chi connectivity index (χ2v) is 10.9. The van der Waals surface area contributed by atoms with E-state index in [2.05, 4.69) is 15.3 Å². The zero-order valence-electron chi connectivity index (χ0n) is 19.9. The van der Waals surface area contributed by atoms with Crippen LogP contribution >= 0.6 is 22.9 Å². The molecule has 0 radical (unpaired) electrons. The maximum Gasteiger partial charge on any atom is 0.271 e. The lowest BCUT2D eigenvalue weighted by atomic mass is 9.77. The molecule has 0 spiro atoms. The number of amides is 2. The van der Waals surface area contributed by atoms with E-state index in [9.17, 15) is 23.5 Å². The number of alkyl halides is 3. The molecule has 0 unspecified atom stereocenters. The van der Waals surface area contributed by atoms with Gasteiger partial charge in [-0.15, -0.1) is 22.9 Å². The molecule has 1 aliphatic carbocycles. The number of carbonyl (C=O) groups excluding carboxylic acids is 2. The summed E-state index contributed by atoms with van der Waals surface area (Å²) in [5.74, 6) is -2.69. The second-order valence-electron chi connectivity index (χ2n) is 9.50. The van der Waals surface area contributed by atoms with Gasteiger partial charge < -0.3 is 15.3 Å². The Kier molecular flexibility index (Phi) is 6.99. The third-order valence-corrected chi connectivity index (χ3v) is 8.73. The number of hydrogen-bond acceptors (Lipinski definition) is 6. The first kappa shape index (κ1) is 25.7. The molecule has 1 fully saturated rings. The van der Waals surface area contributed by atoms with Crippen molar-refractivity contribution in [1.29, 1.82) is 0 Å². The van der Waals surface area contributed by atoms with Crippen LogP contribution in [0.4, 0.5) is 14.5 Å². The topological polar surface area (TPSA) is 95.4 Å². The first-order valence-corrected chi connectivity index (χ1v) is 13.2. The fourth-order valence-electron chi connectivity index (χ4n) is 5.23. The summed E-state index contributed by atoms with van der Waals surface area (Å²) in [6.07, 6.45) is 0.325. The molecule has 2 aliphatic rings. The number of thiazole rings is 1. The van der Waals surface area contributed by atoms with Crippen LogP contribution in [0.1, 0.15) is 39.5 Å². The summed E-state index contributed by atoms with van der Waals surface area (Å²) >= 11 is 7.89. The highest BCUT2D eigenvalue weighted by molar-refractivity contribution is 7.10. The lowest BCUT2D eigenvalue weighted by molar-refractivity contribution is -0.132. The van der Waals surface area contributed by atoms with Crippen LogP contribution in [0.2, 0.25) is 0 Å². The van der Waals surface area contributed by atoms with E-state index < -0.39 is 47.1 Å². The van der Waals surface area contributed by atoms with E-state index in [0.717, 1.165) is 0 Å². The van der Waals surface area contributed by atoms with Crippen molar-refractivity contribution < 1.29 is 23.5 Å². The molecular weight excluding hydrogens is 522 g/mol. The maximum absolute atomic E-state index is 14.2. The number of aliphatic hydroxyl groups is 1. The van der Waals surface area contributed by atoms with Crippen LogP contribution in [-0.4, -0.2) is 51.3 Å². The summed E-state index contributed by atoms with van der Waals surface area (Å²) in [6, 6.07) is 9.21. The van der Waals surface area contributed by atoms with E-state index >= 15 is 0 Å². The Morgan fingerprint density at radius 2 is 2.08 bits per heavy atom. The van der Waals surface area contributed by atoms with Crippen LogP contribution < -0.4 is 10.2 Å². The second kappa shape index (κ2) is 10.1. The maximum atomic E-state index is 14.2. The number of aryl methyl sites for hydroxylation is 1. The van der Waals surface area contributed by atoms with Gasteiger partial charge in [0.15, 0.2) is 0 Å². The number of para-hydroxylation sites is 1. The van der Waals surface area contributed by atoms with Gasteiger partial charge in [-0.25, -0.2) is 13.8 Å². The number of anilines is 1. The summed E-state index contributed by atoms with van der Waals surface area (Å²) in [4.78, 5) is 35.9. The highest BCUT2D eigenvalue weighted by Crippen LogP contribution is 2.47. The van der Waals surface area contributed by atoms with Crippen molar-refractivity contribution in [2.45, 2.75) is 43.2 Å². The molecule has 37 heavy (non-hydrogen) atoms. The van der Waals surface area contributed by atoms with Crippen molar-refractivity contribution in [2.24, 2.45) is 11.8 Å². The first-order valence-electron chi connectivity index (χ1n) is 11.9. The summed E-state index contributed by atoms with van der Waals surface area (Å²) in [5.41, 5.74) is -0.0753. The molecule has 3 heterocycles. The average Bonchev–Trinajstić information content (AvgIpc) is 3.42. The molecule has 11 heteroatoms. The number of hydrogen-bond donors (Lipinski definition) is 2. The Bertz CT molecular complexity index is 1310. The first-order chi connectivity index (χ1) is 17.7. The van der Waals surface area contributed by atoms with Crippen LogP contribution in [0, 0.1) is 18.8 Å². The number of aromatic nitrogens is 2. The molecule has 7 nitrogen and oxygen atoms in total. The standard InChI is InChI=1S/C26H25ClF2N4O3S/c1-14-13-37-24(31-14)26(36)18-6-2-3-7-21(18)33(25(26)35)12-16-9-17(22(28)29)20(10-19(16)27)32-23(34)15-5-4-8-30-11-15/h2-8,11,13,16-17,19-20,22,36H,9-10,12H2,1H3,(H,32,34)/t16-,17-,19-,20-,26+/m1/s1. The van der Waals surface area contributed by atoms with Crippen LogP contribution in [0.3, 0.4) is 0 Å². The number of fused-ring (bicyclic) bond motifs is 1. The number of benzene rings is 1. The fraction of sp³-hybridized carbons (Fsp3) is 0.385. The summed E-state index contributed by atoms with van der Waals surface area (Å²) < 4.78 is 28.3. The van der Waals surface area contributed by atoms with Crippen LogP contribution in [-0.2, 0) is 10.4 Å². The van der Waals surface area contributed by atoms with Crippen molar-refractivity contribution in [2.75, 3.05) is 11.4 Å². The molecule has 1 saturated carbocycles. The fourth-order valence-corrected chi connectivity index (χ4v) is 6.50. The normalized spacial score (nSPS) is 27.4. The highest BCUT2D eigenvalue weighted by Gasteiger charge is 2.54. The van der Waals surface area contributed by atoms with Crippen molar-refractivity contribution >= 4 is 40.4 Å². The monoisotopic (exact) mass is 546 g/mol. The predicted molar refractivity (Wildman–Crippen MR) is 136 cm³/mol. The van der Waals surface area contributed by atoms with Gasteiger partial charge in [-0.3, -0.25) is 14.6 Å². The molecule has 2 aromatic heterocycles. The van der Waals surface area contributed by atoms with E-state index in [4.69, 9.17) is 11.6 Å². The van der Waals surface area contributed by atoms with Gasteiger partial charge in [0, 0.05) is 52.9 Å². The SMILES string of the molecule is Cc1csc([C@]2(O)C(=O)N(C[C@H]3C[C@@H](C(F)F)[C@H](NC(=O)c4cccnc4)C[C@H]3Cl)c3ccccc32)n1. The lowest BCUT2D eigenvalue weighted by Crippen LogP contribution is -2.52. The van der Waals surface area contributed by atoms with E-state index in [1.165, 1.54) is 28.6 Å². The number of nitrogens with zero attached hydrogens (tertiary/aromatic N) is 3. The molecule has 1 aliphatic heterocycles. The Morgan fingerprint density at radius 1 is 1.30 bits per heavy atom. The van der Waals surface area contributed by atoms with Crippen molar-refractivity contribution in [1.82, 2.24) is 15.3 Å². The zero-order chi connectivity index (χ0) is 26.3. The Labute approximate surface area is 221 Å². The number of carbonyl (C=O) groups is 2. The molecule has 1 aromatic carbocycles. The molecular formula is C26H25ClF2N4O3S. The van der Waals surface area contributed by atoms with Gasteiger partial charge in [-0.2, -0.15) is 0 Å². The van der Waals surface area contributed by atoms with Gasteiger partial charge in [0.05, 0.1) is 11.3 Å². The van der Waals surface area contributed by atoms with E-state index in [-0.39, 0.29) is 30.0 Å². The number of pyridine rings is 1. The zero-order valence-corrected chi connectivity index (χ0v) is 21.4. The van der Waals surface area contributed by atoms with Crippen molar-refractivity contribution in [3.05, 3.63) is 76.0 Å². The summed E-state index contributed by atoms with van der Waals surface area (Å²) in [5, 5.41) is 15.7. The number of nitrogens with one attached hydrogen (secondary N) is 1.